The van der Waals surface area contributed by atoms with Gasteiger partial charge in [-0.2, -0.15) is 0 Å². The Hall–Kier alpha value is -2.44. The van der Waals surface area contributed by atoms with Crippen LogP contribution in [0.5, 0.6) is 11.5 Å². The van der Waals surface area contributed by atoms with Crippen LogP contribution in [0.15, 0.2) is 6.07 Å². The van der Waals surface area contributed by atoms with Gasteiger partial charge in [-0.15, -0.1) is 0 Å². The summed E-state index contributed by atoms with van der Waals surface area (Å²) in [6.45, 7) is 10.1. The number of alkyl carbamates (subject to hydrolysis) is 1. The van der Waals surface area contributed by atoms with Crippen molar-refractivity contribution in [3.63, 3.8) is 0 Å². The van der Waals surface area contributed by atoms with Crippen molar-refractivity contribution in [2.45, 2.75) is 84.2 Å². The summed E-state index contributed by atoms with van der Waals surface area (Å²) in [5, 5.41) is 5.89. The summed E-state index contributed by atoms with van der Waals surface area (Å²) in [6.07, 6.45) is 3.89. The van der Waals surface area contributed by atoms with E-state index in [1.165, 1.54) is 0 Å². The van der Waals surface area contributed by atoms with Crippen molar-refractivity contribution in [3.05, 3.63) is 22.8 Å². The number of amides is 2. The number of fused-ring (bicyclic) bond motifs is 2. The van der Waals surface area contributed by atoms with Crippen LogP contribution in [0.1, 0.15) is 74.9 Å². The monoisotopic (exact) mass is 416 g/mol. The molecule has 30 heavy (non-hydrogen) atoms. The highest BCUT2D eigenvalue weighted by Gasteiger charge is 2.47. The van der Waals surface area contributed by atoms with Crippen LogP contribution in [0, 0.1) is 12.8 Å². The molecular weight excluding hydrogens is 384 g/mol. The van der Waals surface area contributed by atoms with Gasteiger partial charge in [0.05, 0.1) is 0 Å². The normalized spacial score (nSPS) is 27.8. The molecule has 0 aromatic heterocycles. The summed E-state index contributed by atoms with van der Waals surface area (Å²) in [5.41, 5.74) is 2.09. The van der Waals surface area contributed by atoms with Crippen LogP contribution in [0.25, 0.3) is 0 Å². The van der Waals surface area contributed by atoms with Crippen LogP contribution in [-0.2, 0) is 11.2 Å². The first-order chi connectivity index (χ1) is 14.1. The Labute approximate surface area is 177 Å². The largest absolute Gasteiger partial charge is 0.448 e. The first kappa shape index (κ1) is 20.8. The predicted molar refractivity (Wildman–Crippen MR) is 112 cm³/mol. The molecule has 7 nitrogen and oxygen atoms in total. The molecule has 1 unspecified atom stereocenters. The lowest BCUT2D eigenvalue weighted by molar-refractivity contribution is -0.121. The highest BCUT2D eigenvalue weighted by Crippen LogP contribution is 2.49. The molecule has 3 aliphatic rings. The van der Waals surface area contributed by atoms with Crippen molar-refractivity contribution in [1.82, 2.24) is 10.6 Å². The summed E-state index contributed by atoms with van der Waals surface area (Å²) >= 11 is 0. The zero-order chi connectivity index (χ0) is 21.7. The lowest BCUT2D eigenvalue weighted by Crippen LogP contribution is -2.48. The summed E-state index contributed by atoms with van der Waals surface area (Å²) < 4.78 is 18.0. The van der Waals surface area contributed by atoms with Crippen molar-refractivity contribution in [2.24, 2.45) is 5.92 Å². The van der Waals surface area contributed by atoms with Crippen LogP contribution in [-0.4, -0.2) is 36.0 Å². The Bertz CT molecular complexity index is 867. The van der Waals surface area contributed by atoms with Gasteiger partial charge < -0.3 is 24.8 Å². The van der Waals surface area contributed by atoms with E-state index in [0.717, 1.165) is 54.5 Å². The van der Waals surface area contributed by atoms with E-state index in [2.05, 4.69) is 10.6 Å². The van der Waals surface area contributed by atoms with E-state index in [0.29, 0.717) is 12.3 Å². The van der Waals surface area contributed by atoms with Crippen molar-refractivity contribution >= 4 is 12.0 Å². The third-order valence-electron chi connectivity index (χ3n) is 6.28. The summed E-state index contributed by atoms with van der Waals surface area (Å²) in [5.74, 6) is 0.818. The fraction of sp³-hybridized carbons (Fsp3) is 0.652. The average molecular weight is 417 g/mol. The fourth-order valence-electron chi connectivity index (χ4n) is 4.79. The molecule has 0 saturated heterocycles. The second-order valence-corrected chi connectivity index (χ2v) is 9.78. The molecular formula is C23H32N2O5. The molecule has 2 amide bonds. The SMILES string of the molecule is Cc1c2c(cc3c1C(=O)NCC3)OC(C)(C1CCC(NC(=O)OC(C)(C)C)CC1)O2. The van der Waals surface area contributed by atoms with Gasteiger partial charge in [-0.25, -0.2) is 4.79 Å². The predicted octanol–water partition coefficient (Wildman–Crippen LogP) is 3.85. The van der Waals surface area contributed by atoms with E-state index in [1.54, 1.807) is 0 Å². The summed E-state index contributed by atoms with van der Waals surface area (Å²) in [6, 6.07) is 2.07. The average Bonchev–Trinajstić information content (AvgIpc) is 2.98. The van der Waals surface area contributed by atoms with E-state index >= 15 is 0 Å². The third-order valence-corrected chi connectivity index (χ3v) is 6.28. The molecule has 164 valence electrons. The standard InChI is InChI=1S/C23H32N2O5/c1-13-18-14(10-11-24-20(18)26)12-17-19(13)29-23(5,28-17)15-6-8-16(9-7-15)25-21(27)30-22(2,3)4/h12,15-16H,6-11H2,1-5H3,(H,24,26)(H,25,27). The molecule has 2 heterocycles. The number of rotatable bonds is 2. The lowest BCUT2D eigenvalue weighted by atomic mass is 9.81. The van der Waals surface area contributed by atoms with Gasteiger partial charge in [-0.05, 0) is 71.4 Å². The molecule has 1 aromatic rings. The second kappa shape index (κ2) is 7.36. The maximum atomic E-state index is 12.3. The molecule has 1 atom stereocenters. The van der Waals surface area contributed by atoms with Crippen LogP contribution in [0.3, 0.4) is 0 Å². The quantitative estimate of drug-likeness (QED) is 0.765. The maximum Gasteiger partial charge on any atom is 0.407 e. The fourth-order valence-corrected chi connectivity index (χ4v) is 4.79. The molecule has 4 rings (SSSR count). The number of carbonyl (C=O) groups excluding carboxylic acids is 2. The molecule has 7 heteroatoms. The highest BCUT2D eigenvalue weighted by molar-refractivity contribution is 5.99. The van der Waals surface area contributed by atoms with Crippen molar-refractivity contribution < 1.29 is 23.8 Å². The summed E-state index contributed by atoms with van der Waals surface area (Å²) in [7, 11) is 0. The molecule has 2 N–H and O–H groups in total. The molecule has 1 aliphatic carbocycles. The Morgan fingerprint density at radius 3 is 2.60 bits per heavy atom. The van der Waals surface area contributed by atoms with E-state index in [4.69, 9.17) is 14.2 Å². The van der Waals surface area contributed by atoms with Crippen molar-refractivity contribution in [1.29, 1.82) is 0 Å². The van der Waals surface area contributed by atoms with Crippen LogP contribution in [0.4, 0.5) is 4.79 Å². The molecule has 0 spiro atoms. The van der Waals surface area contributed by atoms with Gasteiger partial charge in [0.2, 0.25) is 0 Å². The molecule has 2 aliphatic heterocycles. The number of ether oxygens (including phenoxy) is 3. The Morgan fingerprint density at radius 2 is 1.93 bits per heavy atom. The Morgan fingerprint density at radius 1 is 1.23 bits per heavy atom. The first-order valence-electron chi connectivity index (χ1n) is 10.9. The van der Waals surface area contributed by atoms with Crippen LogP contribution >= 0.6 is 0 Å². The van der Waals surface area contributed by atoms with E-state index in [9.17, 15) is 9.59 Å². The highest BCUT2D eigenvalue weighted by atomic mass is 16.7. The minimum Gasteiger partial charge on any atom is -0.448 e. The van der Waals surface area contributed by atoms with Crippen LogP contribution < -0.4 is 20.1 Å². The minimum absolute atomic E-state index is 0.0394. The van der Waals surface area contributed by atoms with E-state index < -0.39 is 11.4 Å². The van der Waals surface area contributed by atoms with Crippen molar-refractivity contribution in [2.75, 3.05) is 6.54 Å². The number of hydrogen-bond acceptors (Lipinski definition) is 5. The number of carbonyl (C=O) groups is 2. The lowest BCUT2D eigenvalue weighted by Gasteiger charge is -2.37. The van der Waals surface area contributed by atoms with Gasteiger partial charge in [-0.1, -0.05) is 0 Å². The van der Waals surface area contributed by atoms with Crippen molar-refractivity contribution in [3.8, 4) is 11.5 Å². The first-order valence-corrected chi connectivity index (χ1v) is 10.9. The molecule has 1 fully saturated rings. The van der Waals surface area contributed by atoms with Gasteiger partial charge in [0.15, 0.2) is 11.5 Å². The van der Waals surface area contributed by atoms with Gasteiger partial charge in [0.1, 0.15) is 5.60 Å². The summed E-state index contributed by atoms with van der Waals surface area (Å²) in [4.78, 5) is 24.4. The molecule has 1 aromatic carbocycles. The van der Waals surface area contributed by atoms with Gasteiger partial charge >= 0.3 is 6.09 Å². The number of hydrogen-bond donors (Lipinski definition) is 2. The zero-order valence-electron chi connectivity index (χ0n) is 18.5. The molecule has 0 radical (unpaired) electrons. The molecule has 1 saturated carbocycles. The number of benzene rings is 1. The van der Waals surface area contributed by atoms with E-state index in [-0.39, 0.29) is 24.0 Å². The Balaban J connectivity index is 1.41. The number of nitrogens with one attached hydrogen (secondary N) is 2. The topological polar surface area (TPSA) is 85.9 Å². The van der Waals surface area contributed by atoms with E-state index in [1.807, 2.05) is 40.7 Å². The second-order valence-electron chi connectivity index (χ2n) is 9.78. The Kier molecular flexibility index (Phi) is 5.11. The van der Waals surface area contributed by atoms with Gasteiger partial charge in [0, 0.05) is 36.6 Å². The smallest absolute Gasteiger partial charge is 0.407 e. The third kappa shape index (κ3) is 3.94. The minimum atomic E-state index is -0.760. The molecule has 0 bridgehead atoms. The van der Waals surface area contributed by atoms with Gasteiger partial charge in [0.25, 0.3) is 11.7 Å². The van der Waals surface area contributed by atoms with Gasteiger partial charge in [-0.3, -0.25) is 4.79 Å². The maximum absolute atomic E-state index is 12.3. The van der Waals surface area contributed by atoms with Crippen LogP contribution in [0.2, 0.25) is 0 Å². The zero-order valence-corrected chi connectivity index (χ0v) is 18.5.